The average Bonchev–Trinajstić information content (AvgIpc) is 3.23. The van der Waals surface area contributed by atoms with Crippen molar-refractivity contribution in [2.75, 3.05) is 0 Å². The molecular formula is C23H15FN4O2. The Morgan fingerprint density at radius 3 is 2.37 bits per heavy atom. The second-order valence-electron chi connectivity index (χ2n) is 6.85. The minimum atomic E-state index is -0.464. The van der Waals surface area contributed by atoms with Gasteiger partial charge < -0.3 is 0 Å². The molecule has 0 aliphatic carbocycles. The summed E-state index contributed by atoms with van der Waals surface area (Å²) < 4.78 is 15.9. The number of benzene rings is 3. The molecule has 7 heteroatoms. The molecule has 2 aromatic heterocycles. The molecular weight excluding hydrogens is 383 g/mol. The Morgan fingerprint density at radius 2 is 1.60 bits per heavy atom. The molecule has 146 valence electrons. The first-order chi connectivity index (χ1) is 14.6. The number of fused-ring (bicyclic) bond motifs is 3. The number of hydrogen-bond acceptors (Lipinski definition) is 4. The van der Waals surface area contributed by atoms with Gasteiger partial charge in [0.2, 0.25) is 0 Å². The number of ketones is 1. The van der Waals surface area contributed by atoms with Gasteiger partial charge >= 0.3 is 5.69 Å². The Hall–Kier alpha value is -4.13. The molecule has 0 saturated carbocycles. The highest BCUT2D eigenvalue weighted by Gasteiger charge is 2.18. The molecule has 5 aromatic rings. The van der Waals surface area contributed by atoms with Gasteiger partial charge in [-0.1, -0.05) is 42.5 Å². The van der Waals surface area contributed by atoms with Crippen LogP contribution in [0.25, 0.3) is 27.9 Å². The maximum absolute atomic E-state index is 13.3. The summed E-state index contributed by atoms with van der Waals surface area (Å²) in [6.45, 7) is -0.120. The molecule has 0 unspecified atom stereocenters. The van der Waals surface area contributed by atoms with Crippen molar-refractivity contribution in [1.82, 2.24) is 19.2 Å². The number of para-hydroxylation sites is 1. The average molecular weight is 398 g/mol. The molecule has 2 heterocycles. The molecule has 3 aromatic carbocycles. The number of rotatable bonds is 4. The first-order valence-corrected chi connectivity index (χ1v) is 9.34. The van der Waals surface area contributed by atoms with Crippen LogP contribution in [0, 0.1) is 5.82 Å². The summed E-state index contributed by atoms with van der Waals surface area (Å²) in [4.78, 5) is 30.5. The van der Waals surface area contributed by atoms with Gasteiger partial charge in [-0.05, 0) is 36.4 Å². The number of carbonyl (C=O) groups excluding carboxylic acids is 1. The Labute approximate surface area is 169 Å². The van der Waals surface area contributed by atoms with E-state index in [0.29, 0.717) is 33.5 Å². The molecule has 0 saturated heterocycles. The molecule has 0 N–H and O–H groups in total. The van der Waals surface area contributed by atoms with Crippen LogP contribution in [0.2, 0.25) is 0 Å². The molecule has 0 amide bonds. The van der Waals surface area contributed by atoms with E-state index in [-0.39, 0.29) is 18.1 Å². The second-order valence-corrected chi connectivity index (χ2v) is 6.85. The quantitative estimate of drug-likeness (QED) is 0.433. The third-order valence-electron chi connectivity index (χ3n) is 4.95. The number of hydrogen-bond donors (Lipinski definition) is 0. The third-order valence-corrected chi connectivity index (χ3v) is 4.95. The topological polar surface area (TPSA) is 69.3 Å². The van der Waals surface area contributed by atoms with Crippen LogP contribution in [0.4, 0.5) is 4.39 Å². The van der Waals surface area contributed by atoms with E-state index in [4.69, 9.17) is 0 Å². The van der Waals surface area contributed by atoms with Crippen LogP contribution in [-0.2, 0) is 6.54 Å². The summed E-state index contributed by atoms with van der Waals surface area (Å²) >= 11 is 0. The lowest BCUT2D eigenvalue weighted by Gasteiger charge is -2.10. The molecule has 0 bridgehead atoms. The molecule has 30 heavy (non-hydrogen) atoms. The van der Waals surface area contributed by atoms with E-state index in [1.807, 2.05) is 18.2 Å². The maximum Gasteiger partial charge on any atom is 0.351 e. The highest BCUT2D eigenvalue weighted by Crippen LogP contribution is 2.21. The highest BCUT2D eigenvalue weighted by atomic mass is 19.1. The van der Waals surface area contributed by atoms with Gasteiger partial charge in [-0.25, -0.2) is 14.2 Å². The van der Waals surface area contributed by atoms with Crippen molar-refractivity contribution in [3.8, 4) is 11.4 Å². The summed E-state index contributed by atoms with van der Waals surface area (Å²) in [6, 6.07) is 21.8. The van der Waals surface area contributed by atoms with E-state index in [0.717, 1.165) is 0 Å². The normalized spacial score (nSPS) is 11.2. The summed E-state index contributed by atoms with van der Waals surface area (Å²) in [5.74, 6) is -0.236. The van der Waals surface area contributed by atoms with E-state index < -0.39 is 5.69 Å². The van der Waals surface area contributed by atoms with Crippen LogP contribution in [-0.4, -0.2) is 24.9 Å². The Balaban J connectivity index is 1.71. The fraction of sp³-hybridized carbons (Fsp3) is 0.0435. The largest absolute Gasteiger partial charge is 0.351 e. The van der Waals surface area contributed by atoms with Gasteiger partial charge in [0.15, 0.2) is 17.3 Å². The summed E-state index contributed by atoms with van der Waals surface area (Å²) in [5.41, 5.74) is 1.64. The van der Waals surface area contributed by atoms with Crippen molar-refractivity contribution in [3.05, 3.63) is 101 Å². The number of aromatic nitrogens is 4. The molecule has 6 nitrogen and oxygen atoms in total. The van der Waals surface area contributed by atoms with Crippen molar-refractivity contribution >= 4 is 22.3 Å². The van der Waals surface area contributed by atoms with Crippen molar-refractivity contribution < 1.29 is 9.18 Å². The fourth-order valence-electron chi connectivity index (χ4n) is 3.47. The van der Waals surface area contributed by atoms with Crippen molar-refractivity contribution in [2.24, 2.45) is 0 Å². The fourth-order valence-corrected chi connectivity index (χ4v) is 3.47. The number of Topliss-reactive ketones (excluding diaryl/α,β-unsaturated/α-hetero) is 1. The van der Waals surface area contributed by atoms with Gasteiger partial charge in [0.05, 0.1) is 12.1 Å². The third kappa shape index (κ3) is 2.97. The molecule has 0 radical (unpaired) electrons. The van der Waals surface area contributed by atoms with Gasteiger partial charge in [0.25, 0.3) is 0 Å². The van der Waals surface area contributed by atoms with E-state index in [9.17, 15) is 14.0 Å². The smallest absolute Gasteiger partial charge is 0.292 e. The van der Waals surface area contributed by atoms with Gasteiger partial charge in [-0.15, -0.1) is 5.10 Å². The van der Waals surface area contributed by atoms with E-state index in [1.54, 1.807) is 48.5 Å². The maximum atomic E-state index is 13.3. The zero-order valence-corrected chi connectivity index (χ0v) is 15.7. The molecule has 5 rings (SSSR count). The minimum Gasteiger partial charge on any atom is -0.292 e. The lowest BCUT2D eigenvalue weighted by Crippen LogP contribution is -2.30. The van der Waals surface area contributed by atoms with Crippen molar-refractivity contribution in [1.29, 1.82) is 0 Å². The number of halogens is 1. The molecule has 0 aliphatic rings. The van der Waals surface area contributed by atoms with Gasteiger partial charge in [-0.3, -0.25) is 9.36 Å². The first-order valence-electron chi connectivity index (χ1n) is 9.34. The molecule has 0 spiro atoms. The monoisotopic (exact) mass is 398 g/mol. The van der Waals surface area contributed by atoms with E-state index in [2.05, 4.69) is 10.1 Å². The van der Waals surface area contributed by atoms with Crippen molar-refractivity contribution in [3.63, 3.8) is 0 Å². The minimum absolute atomic E-state index is 0.120. The Bertz CT molecular complexity index is 1450. The van der Waals surface area contributed by atoms with Crippen LogP contribution in [0.1, 0.15) is 10.4 Å². The van der Waals surface area contributed by atoms with Crippen LogP contribution in [0.5, 0.6) is 0 Å². The Kier molecular flexibility index (Phi) is 4.21. The van der Waals surface area contributed by atoms with Gasteiger partial charge in [0, 0.05) is 16.5 Å². The van der Waals surface area contributed by atoms with E-state index in [1.165, 1.54) is 21.2 Å². The van der Waals surface area contributed by atoms with E-state index >= 15 is 0 Å². The summed E-state index contributed by atoms with van der Waals surface area (Å²) in [6.07, 6.45) is 0. The number of carbonyl (C=O) groups is 1. The van der Waals surface area contributed by atoms with Crippen LogP contribution < -0.4 is 5.69 Å². The predicted molar refractivity (Wildman–Crippen MR) is 111 cm³/mol. The highest BCUT2D eigenvalue weighted by molar-refractivity contribution is 5.98. The predicted octanol–water partition coefficient (Wildman–Crippen LogP) is 3.73. The van der Waals surface area contributed by atoms with Crippen LogP contribution >= 0.6 is 0 Å². The zero-order chi connectivity index (χ0) is 20.7. The summed E-state index contributed by atoms with van der Waals surface area (Å²) in [7, 11) is 0. The van der Waals surface area contributed by atoms with Gasteiger partial charge in [0.1, 0.15) is 5.82 Å². The SMILES string of the molecule is O=C(Cn1c(=O)n2nc(-c3ccc(F)cc3)nc2c2ccccc21)c1ccccc1. The second kappa shape index (κ2) is 7.04. The van der Waals surface area contributed by atoms with Crippen LogP contribution in [0.3, 0.4) is 0 Å². The Morgan fingerprint density at radius 1 is 0.900 bits per heavy atom. The lowest BCUT2D eigenvalue weighted by atomic mass is 10.1. The first kappa shape index (κ1) is 17.9. The summed E-state index contributed by atoms with van der Waals surface area (Å²) in [5, 5.41) is 5.03. The van der Waals surface area contributed by atoms with Crippen LogP contribution in [0.15, 0.2) is 83.7 Å². The zero-order valence-electron chi connectivity index (χ0n) is 15.7. The standard InChI is InChI=1S/C23H15FN4O2/c24-17-12-10-16(11-13-17)21-25-22-18-8-4-5-9-19(18)27(23(30)28(22)26-21)14-20(29)15-6-2-1-3-7-15/h1-13H,14H2. The number of nitrogens with zero attached hydrogens (tertiary/aromatic N) is 4. The molecule has 0 aliphatic heterocycles. The molecule has 0 fully saturated rings. The van der Waals surface area contributed by atoms with Crippen molar-refractivity contribution in [2.45, 2.75) is 6.54 Å². The lowest BCUT2D eigenvalue weighted by molar-refractivity contribution is 0.0971. The van der Waals surface area contributed by atoms with Gasteiger partial charge in [-0.2, -0.15) is 4.52 Å². The molecule has 0 atom stereocenters.